The Kier molecular flexibility index (Phi) is 6.32. The molecule has 1 aromatic rings. The van der Waals surface area contributed by atoms with Crippen molar-refractivity contribution in [3.05, 3.63) is 24.2 Å². The van der Waals surface area contributed by atoms with Crippen molar-refractivity contribution in [1.82, 2.24) is 15.1 Å². The number of hydrogen-bond donors (Lipinski definition) is 1. The van der Waals surface area contributed by atoms with Crippen molar-refractivity contribution in [2.75, 3.05) is 32.7 Å². The van der Waals surface area contributed by atoms with Crippen LogP contribution in [0.3, 0.4) is 0 Å². The van der Waals surface area contributed by atoms with Crippen LogP contribution in [0.5, 0.6) is 0 Å². The highest BCUT2D eigenvalue weighted by Crippen LogP contribution is 2.22. The average Bonchev–Trinajstić information content (AvgIpc) is 3.13. The molecule has 26 heavy (non-hydrogen) atoms. The smallest absolute Gasteiger partial charge is 0.234 e. The van der Waals surface area contributed by atoms with Crippen molar-refractivity contribution in [3.63, 3.8) is 0 Å². The zero-order valence-corrected chi connectivity index (χ0v) is 15.6. The quantitative estimate of drug-likeness (QED) is 0.852. The summed E-state index contributed by atoms with van der Waals surface area (Å²) in [4.78, 5) is 28.9. The summed E-state index contributed by atoms with van der Waals surface area (Å²) >= 11 is 0. The molecule has 2 unspecified atom stereocenters. The van der Waals surface area contributed by atoms with Crippen LogP contribution in [0.15, 0.2) is 22.8 Å². The molecule has 2 fully saturated rings. The van der Waals surface area contributed by atoms with E-state index in [1.165, 1.54) is 0 Å². The number of amides is 2. The van der Waals surface area contributed by atoms with Gasteiger partial charge in [-0.05, 0) is 51.9 Å². The molecule has 2 atom stereocenters. The van der Waals surface area contributed by atoms with Gasteiger partial charge in [0.1, 0.15) is 5.76 Å². The predicted molar refractivity (Wildman–Crippen MR) is 96.3 cm³/mol. The van der Waals surface area contributed by atoms with Crippen LogP contribution in [-0.4, -0.2) is 66.5 Å². The van der Waals surface area contributed by atoms with Gasteiger partial charge in [0.15, 0.2) is 0 Å². The molecule has 144 valence electrons. The molecule has 2 amide bonds. The maximum atomic E-state index is 12.8. The van der Waals surface area contributed by atoms with E-state index < -0.39 is 0 Å². The Morgan fingerprint density at radius 2 is 1.88 bits per heavy atom. The van der Waals surface area contributed by atoms with Gasteiger partial charge < -0.3 is 19.4 Å². The summed E-state index contributed by atoms with van der Waals surface area (Å²) in [6.07, 6.45) is 3.41. The second-order valence-electron chi connectivity index (χ2n) is 7.41. The van der Waals surface area contributed by atoms with E-state index in [4.69, 9.17) is 9.15 Å². The van der Waals surface area contributed by atoms with E-state index in [1.807, 2.05) is 24.8 Å². The minimum atomic E-state index is -0.0120. The molecule has 3 heterocycles. The van der Waals surface area contributed by atoms with Crippen molar-refractivity contribution < 1.29 is 18.7 Å². The fourth-order valence-electron chi connectivity index (χ4n) is 3.81. The molecule has 7 nitrogen and oxygen atoms in total. The molecular formula is C19H29N3O4. The molecule has 0 saturated carbocycles. The normalized spacial score (nSPS) is 25.2. The maximum absolute atomic E-state index is 12.8. The van der Waals surface area contributed by atoms with E-state index in [0.717, 1.165) is 31.7 Å². The van der Waals surface area contributed by atoms with Gasteiger partial charge in [-0.3, -0.25) is 14.5 Å². The van der Waals surface area contributed by atoms with Crippen molar-refractivity contribution in [1.29, 1.82) is 0 Å². The largest absolute Gasteiger partial charge is 0.467 e. The summed E-state index contributed by atoms with van der Waals surface area (Å²) in [7, 11) is 0. The van der Waals surface area contributed by atoms with Crippen molar-refractivity contribution in [2.45, 2.75) is 45.4 Å². The number of piperidine rings is 1. The van der Waals surface area contributed by atoms with E-state index in [9.17, 15) is 9.59 Å². The maximum Gasteiger partial charge on any atom is 0.234 e. The lowest BCUT2D eigenvalue weighted by Crippen LogP contribution is -2.51. The third-order valence-corrected chi connectivity index (χ3v) is 5.08. The second-order valence-corrected chi connectivity index (χ2v) is 7.41. The van der Waals surface area contributed by atoms with E-state index >= 15 is 0 Å². The van der Waals surface area contributed by atoms with Gasteiger partial charge in [-0.15, -0.1) is 0 Å². The van der Waals surface area contributed by atoms with Gasteiger partial charge in [-0.2, -0.15) is 0 Å². The number of ether oxygens (including phenoxy) is 1. The Morgan fingerprint density at radius 1 is 1.19 bits per heavy atom. The van der Waals surface area contributed by atoms with Gasteiger partial charge in [0.2, 0.25) is 11.8 Å². The molecule has 3 rings (SSSR count). The minimum Gasteiger partial charge on any atom is -0.467 e. The van der Waals surface area contributed by atoms with Crippen LogP contribution in [0.25, 0.3) is 0 Å². The number of nitrogens with zero attached hydrogens (tertiary/aromatic N) is 2. The number of furan rings is 1. The first-order chi connectivity index (χ1) is 12.5. The fourth-order valence-corrected chi connectivity index (χ4v) is 3.81. The summed E-state index contributed by atoms with van der Waals surface area (Å²) < 4.78 is 10.9. The van der Waals surface area contributed by atoms with Gasteiger partial charge in [0.25, 0.3) is 0 Å². The molecule has 0 aromatic carbocycles. The standard InChI is InChI=1S/C19H29N3O4/c1-14-11-22(12-15(2)26-14)19(24)16-5-7-21(8-6-16)13-18(23)20-10-17-4-3-9-25-17/h3-4,9,14-16H,5-8,10-13H2,1-2H3,(H,20,23). The minimum absolute atomic E-state index is 0.0120. The van der Waals surface area contributed by atoms with Crippen LogP contribution in [0.2, 0.25) is 0 Å². The highest BCUT2D eigenvalue weighted by molar-refractivity contribution is 5.79. The lowest BCUT2D eigenvalue weighted by Gasteiger charge is -2.39. The third kappa shape index (κ3) is 5.08. The first kappa shape index (κ1) is 18.9. The molecule has 1 N–H and O–H groups in total. The number of hydrogen-bond acceptors (Lipinski definition) is 5. The second kappa shape index (κ2) is 8.68. The Labute approximate surface area is 154 Å². The molecule has 0 spiro atoms. The van der Waals surface area contributed by atoms with E-state index in [2.05, 4.69) is 10.2 Å². The van der Waals surface area contributed by atoms with Gasteiger partial charge in [-0.1, -0.05) is 0 Å². The molecular weight excluding hydrogens is 334 g/mol. The van der Waals surface area contributed by atoms with Gasteiger partial charge >= 0.3 is 0 Å². The lowest BCUT2D eigenvalue weighted by molar-refractivity contribution is -0.148. The summed E-state index contributed by atoms with van der Waals surface area (Å²) in [5.74, 6) is 1.04. The van der Waals surface area contributed by atoms with Crippen LogP contribution in [0.1, 0.15) is 32.4 Å². The van der Waals surface area contributed by atoms with Crippen LogP contribution in [0.4, 0.5) is 0 Å². The number of likely N-dealkylation sites (tertiary alicyclic amines) is 1. The topological polar surface area (TPSA) is 75.0 Å². The van der Waals surface area contributed by atoms with Crippen LogP contribution < -0.4 is 5.32 Å². The first-order valence-electron chi connectivity index (χ1n) is 9.47. The van der Waals surface area contributed by atoms with Crippen LogP contribution in [-0.2, 0) is 20.9 Å². The summed E-state index contributed by atoms with van der Waals surface area (Å²) in [6, 6.07) is 3.64. The number of nitrogens with one attached hydrogen (secondary N) is 1. The van der Waals surface area contributed by atoms with Crippen molar-refractivity contribution in [2.24, 2.45) is 5.92 Å². The van der Waals surface area contributed by atoms with Gasteiger partial charge in [-0.25, -0.2) is 0 Å². The zero-order valence-electron chi connectivity index (χ0n) is 15.6. The summed E-state index contributed by atoms with van der Waals surface area (Å²) in [6.45, 7) is 7.72. The molecule has 7 heteroatoms. The van der Waals surface area contributed by atoms with Crippen LogP contribution in [0, 0.1) is 5.92 Å². The zero-order chi connectivity index (χ0) is 18.5. The number of morpholine rings is 1. The average molecular weight is 363 g/mol. The molecule has 2 aliphatic rings. The SMILES string of the molecule is CC1CN(C(=O)C2CCN(CC(=O)NCc3ccco3)CC2)CC(C)O1. The highest BCUT2D eigenvalue weighted by Gasteiger charge is 2.32. The fraction of sp³-hybridized carbons (Fsp3) is 0.684. The Bertz CT molecular complexity index is 586. The van der Waals surface area contributed by atoms with Gasteiger partial charge in [0.05, 0.1) is 31.6 Å². The van der Waals surface area contributed by atoms with Crippen molar-refractivity contribution >= 4 is 11.8 Å². The number of carbonyl (C=O) groups excluding carboxylic acids is 2. The monoisotopic (exact) mass is 363 g/mol. The Morgan fingerprint density at radius 3 is 2.50 bits per heavy atom. The molecule has 2 saturated heterocycles. The summed E-state index contributed by atoms with van der Waals surface area (Å²) in [5, 5.41) is 2.86. The number of rotatable bonds is 5. The van der Waals surface area contributed by atoms with Gasteiger partial charge in [0, 0.05) is 19.0 Å². The Hall–Kier alpha value is -1.86. The first-order valence-corrected chi connectivity index (χ1v) is 9.47. The molecule has 2 aliphatic heterocycles. The summed E-state index contributed by atoms with van der Waals surface area (Å²) in [5.41, 5.74) is 0. The molecule has 0 bridgehead atoms. The molecule has 0 aliphatic carbocycles. The molecule has 0 radical (unpaired) electrons. The Balaban J connectivity index is 1.39. The lowest BCUT2D eigenvalue weighted by atomic mass is 9.94. The van der Waals surface area contributed by atoms with E-state index in [1.54, 1.807) is 12.3 Å². The number of carbonyl (C=O) groups is 2. The van der Waals surface area contributed by atoms with Crippen LogP contribution >= 0.6 is 0 Å². The van der Waals surface area contributed by atoms with Crippen molar-refractivity contribution in [3.8, 4) is 0 Å². The van der Waals surface area contributed by atoms with E-state index in [0.29, 0.717) is 26.2 Å². The predicted octanol–water partition coefficient (Wildman–Crippen LogP) is 1.24. The van der Waals surface area contributed by atoms with E-state index in [-0.39, 0.29) is 29.9 Å². The molecule has 1 aromatic heterocycles. The highest BCUT2D eigenvalue weighted by atomic mass is 16.5. The third-order valence-electron chi connectivity index (χ3n) is 5.08.